The van der Waals surface area contributed by atoms with Gasteiger partial charge in [-0.25, -0.2) is 4.39 Å². The van der Waals surface area contributed by atoms with Crippen molar-refractivity contribution in [3.63, 3.8) is 0 Å². The molecule has 0 bridgehead atoms. The maximum absolute atomic E-state index is 13.9. The molecule has 2 nitrogen and oxygen atoms in total. The van der Waals surface area contributed by atoms with E-state index in [1.165, 1.54) is 18.9 Å². The molecular weight excluding hydrogens is 297 g/mol. The fourth-order valence-corrected chi connectivity index (χ4v) is 2.75. The Hall–Kier alpha value is -0.450. The fraction of sp³-hybridized carbons (Fsp3) is 0.571. The highest BCUT2D eigenvalue weighted by Crippen LogP contribution is 2.41. The first kappa shape index (κ1) is 14.0. The smallest absolute Gasteiger partial charge is 0.127 e. The SMILES string of the molecule is NCC(CO)(Cc1ccc(Br)cc1F)CC1CC1. The largest absolute Gasteiger partial charge is 0.396 e. The summed E-state index contributed by atoms with van der Waals surface area (Å²) in [6.07, 6.45) is 3.83. The Morgan fingerprint density at radius 2 is 2.17 bits per heavy atom. The third-order valence-electron chi connectivity index (χ3n) is 3.77. The third kappa shape index (κ3) is 3.31. The number of benzene rings is 1. The summed E-state index contributed by atoms with van der Waals surface area (Å²) in [5, 5.41) is 9.65. The van der Waals surface area contributed by atoms with E-state index in [0.29, 0.717) is 24.4 Å². The molecule has 1 saturated carbocycles. The topological polar surface area (TPSA) is 46.2 Å². The van der Waals surface area contributed by atoms with Gasteiger partial charge in [0, 0.05) is 16.4 Å². The number of aliphatic hydroxyl groups excluding tert-OH is 1. The van der Waals surface area contributed by atoms with Gasteiger partial charge in [0.1, 0.15) is 5.82 Å². The second-order valence-corrected chi connectivity index (χ2v) is 6.34. The van der Waals surface area contributed by atoms with Crippen LogP contribution in [0.2, 0.25) is 0 Å². The van der Waals surface area contributed by atoms with Gasteiger partial charge in [-0.2, -0.15) is 0 Å². The first-order chi connectivity index (χ1) is 8.58. The average molecular weight is 316 g/mol. The molecule has 1 aliphatic carbocycles. The van der Waals surface area contributed by atoms with Crippen LogP contribution in [0.25, 0.3) is 0 Å². The van der Waals surface area contributed by atoms with Gasteiger partial charge in [-0.1, -0.05) is 34.8 Å². The lowest BCUT2D eigenvalue weighted by molar-refractivity contribution is 0.115. The van der Waals surface area contributed by atoms with Crippen molar-refractivity contribution >= 4 is 15.9 Å². The van der Waals surface area contributed by atoms with Crippen molar-refractivity contribution in [1.82, 2.24) is 0 Å². The van der Waals surface area contributed by atoms with Crippen LogP contribution in [0, 0.1) is 17.2 Å². The quantitative estimate of drug-likeness (QED) is 0.848. The van der Waals surface area contributed by atoms with Crippen LogP contribution in [-0.2, 0) is 6.42 Å². The highest BCUT2D eigenvalue weighted by atomic mass is 79.9. The van der Waals surface area contributed by atoms with Gasteiger partial charge in [0.05, 0.1) is 6.61 Å². The molecule has 18 heavy (non-hydrogen) atoms. The van der Waals surface area contributed by atoms with Crippen molar-refractivity contribution in [3.05, 3.63) is 34.1 Å². The highest BCUT2D eigenvalue weighted by molar-refractivity contribution is 9.10. The van der Waals surface area contributed by atoms with Gasteiger partial charge >= 0.3 is 0 Å². The summed E-state index contributed by atoms with van der Waals surface area (Å²) in [4.78, 5) is 0. The zero-order valence-electron chi connectivity index (χ0n) is 10.3. The molecule has 0 spiro atoms. The summed E-state index contributed by atoms with van der Waals surface area (Å²) < 4.78 is 14.6. The highest BCUT2D eigenvalue weighted by Gasteiger charge is 2.36. The molecular formula is C14H19BrFNO. The van der Waals surface area contributed by atoms with Crippen molar-refractivity contribution in [3.8, 4) is 0 Å². The number of rotatable bonds is 6. The van der Waals surface area contributed by atoms with Crippen LogP contribution in [0.5, 0.6) is 0 Å². The molecule has 0 radical (unpaired) electrons. The van der Waals surface area contributed by atoms with E-state index < -0.39 is 0 Å². The lowest BCUT2D eigenvalue weighted by Gasteiger charge is -2.31. The lowest BCUT2D eigenvalue weighted by Crippen LogP contribution is -2.37. The Labute approximate surface area is 116 Å². The van der Waals surface area contributed by atoms with Crippen LogP contribution >= 0.6 is 15.9 Å². The minimum Gasteiger partial charge on any atom is -0.396 e. The molecule has 1 aliphatic rings. The van der Waals surface area contributed by atoms with E-state index in [1.807, 2.05) is 6.07 Å². The van der Waals surface area contributed by atoms with Crippen molar-refractivity contribution in [1.29, 1.82) is 0 Å². The molecule has 0 aliphatic heterocycles. The standard InChI is InChI=1S/C14H19BrFNO/c15-12-4-3-11(13(16)5-12)7-14(8-17,9-18)6-10-1-2-10/h3-5,10,18H,1-2,6-9,17H2. The van der Waals surface area contributed by atoms with E-state index in [1.54, 1.807) is 6.07 Å². The number of nitrogens with two attached hydrogens (primary N) is 1. The third-order valence-corrected chi connectivity index (χ3v) is 4.26. The molecule has 100 valence electrons. The van der Waals surface area contributed by atoms with E-state index >= 15 is 0 Å². The first-order valence-electron chi connectivity index (χ1n) is 6.33. The maximum Gasteiger partial charge on any atom is 0.127 e. The summed E-state index contributed by atoms with van der Waals surface area (Å²) in [6.45, 7) is 0.422. The van der Waals surface area contributed by atoms with Crippen molar-refractivity contribution in [2.24, 2.45) is 17.1 Å². The Balaban J connectivity index is 2.16. The molecule has 0 amide bonds. The number of hydrogen-bond donors (Lipinski definition) is 2. The first-order valence-corrected chi connectivity index (χ1v) is 7.13. The van der Waals surface area contributed by atoms with Crippen LogP contribution < -0.4 is 5.73 Å². The van der Waals surface area contributed by atoms with Crippen molar-refractivity contribution in [2.45, 2.75) is 25.7 Å². The molecule has 1 aromatic carbocycles. The molecule has 0 aromatic heterocycles. The average Bonchev–Trinajstić information content (AvgIpc) is 3.15. The second kappa shape index (κ2) is 5.68. The van der Waals surface area contributed by atoms with Crippen LogP contribution in [0.15, 0.2) is 22.7 Å². The van der Waals surface area contributed by atoms with Gasteiger partial charge in [0.15, 0.2) is 0 Å². The molecule has 3 N–H and O–H groups in total. The lowest BCUT2D eigenvalue weighted by atomic mass is 9.77. The summed E-state index contributed by atoms with van der Waals surface area (Å²) in [7, 11) is 0. The number of hydrogen-bond acceptors (Lipinski definition) is 2. The minimum atomic E-state index is -0.365. The maximum atomic E-state index is 13.9. The van der Waals surface area contributed by atoms with E-state index in [2.05, 4.69) is 15.9 Å². The van der Waals surface area contributed by atoms with Gasteiger partial charge in [0.25, 0.3) is 0 Å². The van der Waals surface area contributed by atoms with Gasteiger partial charge in [-0.05, 0) is 36.5 Å². The van der Waals surface area contributed by atoms with Crippen molar-refractivity contribution in [2.75, 3.05) is 13.2 Å². The summed E-state index contributed by atoms with van der Waals surface area (Å²) in [5.74, 6) is 0.436. The summed E-state index contributed by atoms with van der Waals surface area (Å²) >= 11 is 3.25. The normalized spacial score (nSPS) is 18.7. The van der Waals surface area contributed by atoms with Crippen LogP contribution in [0.4, 0.5) is 4.39 Å². The van der Waals surface area contributed by atoms with Gasteiger partial charge in [-0.15, -0.1) is 0 Å². The van der Waals surface area contributed by atoms with E-state index in [0.717, 1.165) is 10.9 Å². The number of halogens is 2. The van der Waals surface area contributed by atoms with Crippen LogP contribution in [-0.4, -0.2) is 18.3 Å². The van der Waals surface area contributed by atoms with Crippen LogP contribution in [0.3, 0.4) is 0 Å². The molecule has 0 saturated heterocycles. The number of aliphatic hydroxyl groups is 1. The van der Waals surface area contributed by atoms with E-state index in [-0.39, 0.29) is 17.8 Å². The molecule has 1 unspecified atom stereocenters. The Bertz CT molecular complexity index is 416. The molecule has 1 fully saturated rings. The van der Waals surface area contributed by atoms with Crippen LogP contribution in [0.1, 0.15) is 24.8 Å². The Morgan fingerprint density at radius 1 is 1.44 bits per heavy atom. The predicted molar refractivity (Wildman–Crippen MR) is 73.7 cm³/mol. The molecule has 0 heterocycles. The van der Waals surface area contributed by atoms with Gasteiger partial charge in [-0.3, -0.25) is 0 Å². The van der Waals surface area contributed by atoms with Gasteiger partial charge in [0.2, 0.25) is 0 Å². The predicted octanol–water partition coefficient (Wildman–Crippen LogP) is 2.87. The van der Waals surface area contributed by atoms with Crippen molar-refractivity contribution < 1.29 is 9.50 Å². The van der Waals surface area contributed by atoms with Gasteiger partial charge < -0.3 is 10.8 Å². The Morgan fingerprint density at radius 3 is 2.67 bits per heavy atom. The van der Waals surface area contributed by atoms with E-state index in [4.69, 9.17) is 5.73 Å². The van der Waals surface area contributed by atoms with E-state index in [9.17, 15) is 9.50 Å². The summed E-state index contributed by atoms with van der Waals surface area (Å²) in [6, 6.07) is 5.06. The molecule has 1 atom stereocenters. The second-order valence-electron chi connectivity index (χ2n) is 5.42. The zero-order chi connectivity index (χ0) is 13.2. The minimum absolute atomic E-state index is 0.0233. The summed E-state index contributed by atoms with van der Waals surface area (Å²) in [5.41, 5.74) is 6.10. The molecule has 1 aromatic rings. The monoisotopic (exact) mass is 315 g/mol. The molecule has 2 rings (SSSR count). The zero-order valence-corrected chi connectivity index (χ0v) is 11.9. The molecule has 4 heteroatoms. The fourth-order valence-electron chi connectivity index (χ4n) is 2.42. The Kier molecular flexibility index (Phi) is 4.41.